The minimum atomic E-state index is -0.216. The molecule has 2 aliphatic rings. The van der Waals surface area contributed by atoms with Crippen molar-refractivity contribution in [1.29, 1.82) is 0 Å². The molecule has 2 fully saturated rings. The second-order valence-electron chi connectivity index (χ2n) is 10.3. The van der Waals surface area contributed by atoms with E-state index in [0.29, 0.717) is 17.9 Å². The predicted molar refractivity (Wildman–Crippen MR) is 151 cm³/mol. The van der Waals surface area contributed by atoms with E-state index in [2.05, 4.69) is 43.1 Å². The summed E-state index contributed by atoms with van der Waals surface area (Å²) in [6.07, 6.45) is 7.57. The third-order valence-electron chi connectivity index (χ3n) is 8.05. The van der Waals surface area contributed by atoms with E-state index in [1.54, 1.807) is 6.33 Å². The minimum absolute atomic E-state index is 0.169. The van der Waals surface area contributed by atoms with Crippen molar-refractivity contribution in [1.82, 2.24) is 24.8 Å². The van der Waals surface area contributed by atoms with Gasteiger partial charge in [-0.1, -0.05) is 30.3 Å². The fourth-order valence-corrected chi connectivity index (χ4v) is 6.01. The first-order valence-corrected chi connectivity index (χ1v) is 13.6. The number of nitrogen functional groups attached to an aromatic ring is 1. The number of likely N-dealkylation sites (tertiary alicyclic amines) is 1. The molecule has 9 nitrogen and oxygen atoms in total. The lowest BCUT2D eigenvalue weighted by Crippen LogP contribution is -2.52. The van der Waals surface area contributed by atoms with Crippen molar-refractivity contribution in [3.8, 4) is 22.6 Å². The van der Waals surface area contributed by atoms with Gasteiger partial charge in [0.25, 0.3) is 0 Å². The van der Waals surface area contributed by atoms with Crippen LogP contribution in [0.2, 0.25) is 0 Å². The SMILES string of the molecule is COC(=O)C1CC(N2CCC(n3cc(-c4ccc(Oc5ccccc5)cc4)c4c(N)ncnc43)CC2)CCN1. The van der Waals surface area contributed by atoms with Gasteiger partial charge in [-0.3, -0.25) is 4.79 Å². The molecule has 0 saturated carbocycles. The van der Waals surface area contributed by atoms with Crippen LogP contribution in [-0.4, -0.2) is 64.2 Å². The third kappa shape index (κ3) is 5.20. The molecule has 4 heterocycles. The molecule has 6 rings (SSSR count). The van der Waals surface area contributed by atoms with E-state index >= 15 is 0 Å². The number of esters is 1. The zero-order chi connectivity index (χ0) is 26.8. The van der Waals surface area contributed by atoms with Gasteiger partial charge >= 0.3 is 5.97 Å². The van der Waals surface area contributed by atoms with Crippen LogP contribution in [0.3, 0.4) is 0 Å². The van der Waals surface area contributed by atoms with Gasteiger partial charge in [0.1, 0.15) is 35.3 Å². The largest absolute Gasteiger partial charge is 0.468 e. The number of hydrogen-bond donors (Lipinski definition) is 2. The van der Waals surface area contributed by atoms with E-state index in [0.717, 1.165) is 79.0 Å². The Morgan fingerprint density at radius 3 is 2.46 bits per heavy atom. The minimum Gasteiger partial charge on any atom is -0.468 e. The predicted octanol–water partition coefficient (Wildman–Crippen LogP) is 4.40. The molecular weight excluding hydrogens is 492 g/mol. The lowest BCUT2D eigenvalue weighted by atomic mass is 9.94. The van der Waals surface area contributed by atoms with Crippen LogP contribution < -0.4 is 15.8 Å². The number of para-hydroxylation sites is 1. The highest BCUT2D eigenvalue weighted by Crippen LogP contribution is 2.38. The number of nitrogens with two attached hydrogens (primary N) is 1. The van der Waals surface area contributed by atoms with Crippen LogP contribution in [0.25, 0.3) is 22.2 Å². The normalized spacial score (nSPS) is 20.6. The van der Waals surface area contributed by atoms with Gasteiger partial charge in [0, 0.05) is 36.9 Å². The van der Waals surface area contributed by atoms with Crippen LogP contribution in [0.4, 0.5) is 5.82 Å². The van der Waals surface area contributed by atoms with Gasteiger partial charge < -0.3 is 30.0 Å². The van der Waals surface area contributed by atoms with Crippen LogP contribution in [0.5, 0.6) is 11.5 Å². The van der Waals surface area contributed by atoms with Gasteiger partial charge in [0.2, 0.25) is 0 Å². The van der Waals surface area contributed by atoms with Crippen molar-refractivity contribution in [3.63, 3.8) is 0 Å². The van der Waals surface area contributed by atoms with Crippen molar-refractivity contribution in [2.24, 2.45) is 0 Å². The molecule has 2 saturated heterocycles. The number of hydrogen-bond acceptors (Lipinski definition) is 8. The summed E-state index contributed by atoms with van der Waals surface area (Å²) in [7, 11) is 1.46. The Morgan fingerprint density at radius 1 is 0.974 bits per heavy atom. The van der Waals surface area contributed by atoms with E-state index in [4.69, 9.17) is 15.2 Å². The van der Waals surface area contributed by atoms with Crippen LogP contribution >= 0.6 is 0 Å². The number of fused-ring (bicyclic) bond motifs is 1. The molecular formula is C30H34N6O3. The smallest absolute Gasteiger partial charge is 0.322 e. The fourth-order valence-electron chi connectivity index (χ4n) is 6.01. The Labute approximate surface area is 227 Å². The lowest BCUT2D eigenvalue weighted by molar-refractivity contribution is -0.144. The van der Waals surface area contributed by atoms with Gasteiger partial charge in [-0.15, -0.1) is 0 Å². The second-order valence-corrected chi connectivity index (χ2v) is 10.3. The zero-order valence-electron chi connectivity index (χ0n) is 22.1. The Morgan fingerprint density at radius 2 is 1.72 bits per heavy atom. The Hall–Kier alpha value is -3.95. The van der Waals surface area contributed by atoms with Crippen LogP contribution in [-0.2, 0) is 9.53 Å². The summed E-state index contributed by atoms with van der Waals surface area (Å²) in [6, 6.07) is 18.3. The summed E-state index contributed by atoms with van der Waals surface area (Å²) < 4.78 is 13.2. The monoisotopic (exact) mass is 526 g/mol. The number of rotatable bonds is 6. The van der Waals surface area contributed by atoms with E-state index in [-0.39, 0.29) is 12.0 Å². The molecule has 0 aliphatic carbocycles. The number of carbonyl (C=O) groups excluding carboxylic acids is 1. The van der Waals surface area contributed by atoms with E-state index in [1.807, 2.05) is 42.5 Å². The topological polar surface area (TPSA) is 108 Å². The summed E-state index contributed by atoms with van der Waals surface area (Å²) in [5.74, 6) is 1.89. The third-order valence-corrected chi connectivity index (χ3v) is 8.05. The van der Waals surface area contributed by atoms with Crippen molar-refractivity contribution < 1.29 is 14.3 Å². The number of ether oxygens (including phenoxy) is 2. The first-order valence-electron chi connectivity index (χ1n) is 13.6. The number of nitrogens with zero attached hydrogens (tertiary/aromatic N) is 4. The van der Waals surface area contributed by atoms with Crippen molar-refractivity contribution in [3.05, 3.63) is 67.1 Å². The highest BCUT2D eigenvalue weighted by atomic mass is 16.5. The van der Waals surface area contributed by atoms with Crippen molar-refractivity contribution in [2.75, 3.05) is 32.5 Å². The van der Waals surface area contributed by atoms with Crippen LogP contribution in [0.15, 0.2) is 67.1 Å². The second kappa shape index (κ2) is 11.0. The Balaban J connectivity index is 1.21. The quantitative estimate of drug-likeness (QED) is 0.356. The van der Waals surface area contributed by atoms with Crippen molar-refractivity contribution in [2.45, 2.75) is 43.8 Å². The molecule has 0 radical (unpaired) electrons. The molecule has 202 valence electrons. The van der Waals surface area contributed by atoms with E-state index < -0.39 is 0 Å². The highest BCUT2D eigenvalue weighted by molar-refractivity contribution is 6.00. The number of aromatic nitrogens is 3. The average molecular weight is 527 g/mol. The summed E-state index contributed by atoms with van der Waals surface area (Å²) >= 11 is 0. The maximum absolute atomic E-state index is 12.1. The summed E-state index contributed by atoms with van der Waals surface area (Å²) in [4.78, 5) is 23.6. The number of nitrogens with one attached hydrogen (secondary N) is 1. The molecule has 2 aromatic heterocycles. The molecule has 0 bridgehead atoms. The molecule has 2 aromatic carbocycles. The molecule has 2 atom stereocenters. The standard InChI is InChI=1S/C30H34N6O3/c1-38-30(37)26-17-22(11-14-32-26)35-15-12-21(13-16-35)36-18-25(27-28(31)33-19-34-29(27)36)20-7-9-24(10-8-20)39-23-5-3-2-4-6-23/h2-10,18-19,21-22,26,32H,11-17H2,1H3,(H2,31,33,34). The summed E-state index contributed by atoms with van der Waals surface area (Å²) in [5, 5.41) is 4.18. The number of methoxy groups -OCH3 is 1. The van der Waals surface area contributed by atoms with Crippen LogP contribution in [0.1, 0.15) is 31.7 Å². The lowest BCUT2D eigenvalue weighted by Gasteiger charge is -2.41. The Bertz CT molecular complexity index is 1430. The molecule has 39 heavy (non-hydrogen) atoms. The fraction of sp³-hybridized carbons (Fsp3) is 0.367. The maximum atomic E-state index is 12.1. The number of carbonyl (C=O) groups is 1. The highest BCUT2D eigenvalue weighted by Gasteiger charge is 2.33. The van der Waals surface area contributed by atoms with Gasteiger partial charge in [0.15, 0.2) is 0 Å². The molecule has 0 amide bonds. The summed E-state index contributed by atoms with van der Waals surface area (Å²) in [5.41, 5.74) is 9.33. The summed E-state index contributed by atoms with van der Waals surface area (Å²) in [6.45, 7) is 2.79. The van der Waals surface area contributed by atoms with Gasteiger partial charge in [-0.2, -0.15) is 0 Å². The number of anilines is 1. The molecule has 9 heteroatoms. The molecule has 0 spiro atoms. The van der Waals surface area contributed by atoms with Gasteiger partial charge in [-0.05, 0) is 62.1 Å². The van der Waals surface area contributed by atoms with Crippen LogP contribution in [0, 0.1) is 0 Å². The Kier molecular flexibility index (Phi) is 7.17. The first-order chi connectivity index (χ1) is 19.1. The molecule has 4 aromatic rings. The number of piperidine rings is 2. The van der Waals surface area contributed by atoms with Gasteiger partial charge in [-0.25, -0.2) is 9.97 Å². The number of benzene rings is 2. The van der Waals surface area contributed by atoms with E-state index in [9.17, 15) is 4.79 Å². The molecule has 2 aliphatic heterocycles. The zero-order valence-corrected chi connectivity index (χ0v) is 22.1. The molecule has 3 N–H and O–H groups in total. The average Bonchev–Trinajstić information content (AvgIpc) is 3.39. The van der Waals surface area contributed by atoms with Gasteiger partial charge in [0.05, 0.1) is 12.5 Å². The van der Waals surface area contributed by atoms with Crippen molar-refractivity contribution >= 4 is 22.8 Å². The first kappa shape index (κ1) is 25.3. The molecule has 2 unspecified atom stereocenters. The van der Waals surface area contributed by atoms with E-state index in [1.165, 1.54) is 7.11 Å². The maximum Gasteiger partial charge on any atom is 0.322 e.